The molecule has 28 heavy (non-hydrogen) atoms. The SMILES string of the molecule is Clc1ccc2c(c1)-c1ccccc1C21c2ccccc2Oc2ccc(Br)cc21. The van der Waals surface area contributed by atoms with E-state index in [1.165, 1.54) is 22.3 Å². The third kappa shape index (κ3) is 1.97. The summed E-state index contributed by atoms with van der Waals surface area (Å²) >= 11 is 10.1. The van der Waals surface area contributed by atoms with E-state index in [-0.39, 0.29) is 0 Å². The Morgan fingerprint density at radius 2 is 1.36 bits per heavy atom. The van der Waals surface area contributed by atoms with E-state index in [1.807, 2.05) is 24.3 Å². The zero-order chi connectivity index (χ0) is 18.9. The molecule has 1 nitrogen and oxygen atoms in total. The van der Waals surface area contributed by atoms with E-state index in [4.69, 9.17) is 16.3 Å². The van der Waals surface area contributed by atoms with Gasteiger partial charge in [-0.25, -0.2) is 0 Å². The first-order valence-corrected chi connectivity index (χ1v) is 10.3. The fourth-order valence-electron chi connectivity index (χ4n) is 4.85. The second-order valence-electron chi connectivity index (χ2n) is 7.22. The summed E-state index contributed by atoms with van der Waals surface area (Å²) in [6.07, 6.45) is 0. The van der Waals surface area contributed by atoms with Gasteiger partial charge in [0.15, 0.2) is 0 Å². The molecule has 0 amide bonds. The van der Waals surface area contributed by atoms with E-state index >= 15 is 0 Å². The predicted molar refractivity (Wildman–Crippen MR) is 117 cm³/mol. The van der Waals surface area contributed by atoms with Crippen LogP contribution in [0.4, 0.5) is 0 Å². The summed E-state index contributed by atoms with van der Waals surface area (Å²) < 4.78 is 7.36. The molecule has 1 unspecified atom stereocenters. The van der Waals surface area contributed by atoms with E-state index in [0.29, 0.717) is 0 Å². The molecule has 0 saturated heterocycles. The number of ether oxygens (including phenoxy) is 1. The lowest BCUT2D eigenvalue weighted by Crippen LogP contribution is -2.32. The van der Waals surface area contributed by atoms with Gasteiger partial charge in [-0.15, -0.1) is 0 Å². The summed E-state index contributed by atoms with van der Waals surface area (Å²) in [4.78, 5) is 0. The van der Waals surface area contributed by atoms with Crippen molar-refractivity contribution in [3.8, 4) is 22.6 Å². The lowest BCUT2D eigenvalue weighted by molar-refractivity contribution is 0.436. The van der Waals surface area contributed by atoms with Crippen LogP contribution in [0.25, 0.3) is 11.1 Å². The molecule has 1 aliphatic carbocycles. The second kappa shape index (κ2) is 5.73. The minimum atomic E-state index is -0.426. The summed E-state index contributed by atoms with van der Waals surface area (Å²) in [5.74, 6) is 1.79. The predicted octanol–water partition coefficient (Wildman–Crippen LogP) is 7.57. The van der Waals surface area contributed by atoms with Gasteiger partial charge in [-0.05, 0) is 58.7 Å². The Morgan fingerprint density at radius 1 is 0.643 bits per heavy atom. The first kappa shape index (κ1) is 16.4. The lowest BCUT2D eigenvalue weighted by atomic mass is 9.66. The standard InChI is InChI=1S/C25H14BrClO/c26-15-9-12-24-22(13-15)25(21-7-3-4-8-23(21)28-24)19-6-2-1-5-17(19)18-14-16(27)10-11-20(18)25/h1-14H. The van der Waals surface area contributed by atoms with E-state index in [0.717, 1.165) is 32.1 Å². The maximum Gasteiger partial charge on any atom is 0.132 e. The Kier molecular flexibility index (Phi) is 3.36. The van der Waals surface area contributed by atoms with Gasteiger partial charge in [0.25, 0.3) is 0 Å². The van der Waals surface area contributed by atoms with Crippen molar-refractivity contribution < 1.29 is 4.74 Å². The molecule has 134 valence electrons. The van der Waals surface area contributed by atoms with Gasteiger partial charge in [0.2, 0.25) is 0 Å². The fraction of sp³-hybridized carbons (Fsp3) is 0.0400. The van der Waals surface area contributed by atoms with Crippen LogP contribution in [-0.4, -0.2) is 0 Å². The molecule has 4 aromatic rings. The highest BCUT2D eigenvalue weighted by Gasteiger charge is 2.51. The average Bonchev–Trinajstić information content (AvgIpc) is 3.00. The number of fused-ring (bicyclic) bond motifs is 9. The Hall–Kier alpha value is -2.55. The summed E-state index contributed by atoms with van der Waals surface area (Å²) in [5.41, 5.74) is 6.80. The maximum atomic E-state index is 6.41. The molecule has 1 spiro atoms. The Bertz CT molecular complexity index is 1280. The minimum Gasteiger partial charge on any atom is -0.457 e. The van der Waals surface area contributed by atoms with Crippen molar-refractivity contribution in [2.75, 3.05) is 0 Å². The Balaban J connectivity index is 1.86. The molecule has 0 radical (unpaired) electrons. The Morgan fingerprint density at radius 3 is 2.25 bits per heavy atom. The normalized spacial score (nSPS) is 18.1. The molecule has 0 N–H and O–H groups in total. The summed E-state index contributed by atoms with van der Waals surface area (Å²) in [7, 11) is 0. The van der Waals surface area contributed by atoms with Crippen molar-refractivity contribution in [3.63, 3.8) is 0 Å². The zero-order valence-corrected chi connectivity index (χ0v) is 17.1. The molecule has 0 fully saturated rings. The highest BCUT2D eigenvalue weighted by atomic mass is 79.9. The van der Waals surface area contributed by atoms with E-state index < -0.39 is 5.41 Å². The van der Waals surface area contributed by atoms with Gasteiger partial charge in [-0.1, -0.05) is 76.1 Å². The second-order valence-corrected chi connectivity index (χ2v) is 8.58. The molecule has 4 aromatic carbocycles. The van der Waals surface area contributed by atoms with Crippen molar-refractivity contribution in [1.29, 1.82) is 0 Å². The summed E-state index contributed by atoms with van der Waals surface area (Å²) in [5, 5.41) is 0.750. The van der Waals surface area contributed by atoms with Crippen molar-refractivity contribution in [1.82, 2.24) is 0 Å². The zero-order valence-electron chi connectivity index (χ0n) is 14.7. The monoisotopic (exact) mass is 444 g/mol. The van der Waals surface area contributed by atoms with Gasteiger partial charge >= 0.3 is 0 Å². The van der Waals surface area contributed by atoms with Crippen LogP contribution < -0.4 is 4.74 Å². The third-order valence-corrected chi connectivity index (χ3v) is 6.59. The number of rotatable bonds is 0. The molecule has 0 bridgehead atoms. The van der Waals surface area contributed by atoms with Crippen LogP contribution in [0.15, 0.2) is 89.4 Å². The molecular formula is C25H14BrClO. The largest absolute Gasteiger partial charge is 0.457 e. The van der Waals surface area contributed by atoms with Gasteiger partial charge in [0.1, 0.15) is 11.5 Å². The van der Waals surface area contributed by atoms with Crippen LogP contribution in [0.2, 0.25) is 5.02 Å². The number of hydrogen-bond acceptors (Lipinski definition) is 1. The molecule has 2 aliphatic rings. The molecule has 3 heteroatoms. The number of para-hydroxylation sites is 1. The summed E-state index contributed by atoms with van der Waals surface area (Å²) in [6, 6.07) is 29.5. The first-order valence-electron chi connectivity index (χ1n) is 9.17. The van der Waals surface area contributed by atoms with E-state index in [9.17, 15) is 0 Å². The minimum absolute atomic E-state index is 0.426. The van der Waals surface area contributed by atoms with Crippen molar-refractivity contribution in [3.05, 3.63) is 117 Å². The average molecular weight is 446 g/mol. The van der Waals surface area contributed by atoms with Crippen LogP contribution in [0.1, 0.15) is 22.3 Å². The maximum absolute atomic E-state index is 6.41. The molecular weight excluding hydrogens is 432 g/mol. The highest BCUT2D eigenvalue weighted by molar-refractivity contribution is 9.10. The van der Waals surface area contributed by atoms with Crippen LogP contribution in [0.3, 0.4) is 0 Å². The number of benzene rings is 4. The van der Waals surface area contributed by atoms with Gasteiger partial charge in [-0.3, -0.25) is 0 Å². The molecule has 1 aliphatic heterocycles. The quantitative estimate of drug-likeness (QED) is 0.234. The van der Waals surface area contributed by atoms with Gasteiger partial charge < -0.3 is 4.74 Å². The topological polar surface area (TPSA) is 9.23 Å². The highest BCUT2D eigenvalue weighted by Crippen LogP contribution is 2.62. The van der Waals surface area contributed by atoms with E-state index in [1.54, 1.807) is 0 Å². The van der Waals surface area contributed by atoms with Crippen molar-refractivity contribution >= 4 is 27.5 Å². The number of hydrogen-bond donors (Lipinski definition) is 0. The summed E-state index contributed by atoms with van der Waals surface area (Å²) in [6.45, 7) is 0. The van der Waals surface area contributed by atoms with Crippen LogP contribution >= 0.6 is 27.5 Å². The number of halogens is 2. The van der Waals surface area contributed by atoms with Crippen LogP contribution in [-0.2, 0) is 5.41 Å². The molecule has 0 saturated carbocycles. The van der Waals surface area contributed by atoms with Crippen molar-refractivity contribution in [2.24, 2.45) is 0 Å². The molecule has 0 aromatic heterocycles. The fourth-order valence-corrected chi connectivity index (χ4v) is 5.38. The molecule has 1 heterocycles. The Labute approximate surface area is 176 Å². The smallest absolute Gasteiger partial charge is 0.132 e. The van der Waals surface area contributed by atoms with E-state index in [2.05, 4.69) is 76.6 Å². The molecule has 1 atom stereocenters. The van der Waals surface area contributed by atoms with Crippen LogP contribution in [0.5, 0.6) is 11.5 Å². The van der Waals surface area contributed by atoms with Gasteiger partial charge in [0, 0.05) is 20.6 Å². The van der Waals surface area contributed by atoms with Crippen LogP contribution in [0, 0.1) is 0 Å². The van der Waals surface area contributed by atoms with Gasteiger partial charge in [-0.2, -0.15) is 0 Å². The van der Waals surface area contributed by atoms with Gasteiger partial charge in [0.05, 0.1) is 5.41 Å². The first-order chi connectivity index (χ1) is 13.7. The third-order valence-electron chi connectivity index (χ3n) is 5.86. The molecule has 6 rings (SSSR count). The van der Waals surface area contributed by atoms with Crippen molar-refractivity contribution in [2.45, 2.75) is 5.41 Å². The lowest BCUT2D eigenvalue weighted by Gasteiger charge is -2.39.